The summed E-state index contributed by atoms with van der Waals surface area (Å²) in [6.45, 7) is 0. The molecular weight excluding hydrogens is 346 g/mol. The molecule has 0 heterocycles. The number of hydrogen-bond donors (Lipinski definition) is 2. The van der Waals surface area contributed by atoms with Gasteiger partial charge in [0, 0.05) is 17.7 Å². The molecule has 0 atom stereocenters. The number of benzene rings is 3. The van der Waals surface area contributed by atoms with Crippen LogP contribution in [-0.2, 0) is 0 Å². The molecule has 0 aliphatic carbocycles. The van der Waals surface area contributed by atoms with Crippen LogP contribution >= 0.6 is 0 Å². The van der Waals surface area contributed by atoms with E-state index in [0.29, 0.717) is 5.56 Å². The van der Waals surface area contributed by atoms with Crippen molar-refractivity contribution in [1.82, 2.24) is 0 Å². The molecule has 2 N–H and O–H groups in total. The van der Waals surface area contributed by atoms with Gasteiger partial charge in [0.05, 0.1) is 10.6 Å². The van der Waals surface area contributed by atoms with Gasteiger partial charge in [0.25, 0.3) is 5.69 Å². The third-order valence-electron chi connectivity index (χ3n) is 3.54. The van der Waals surface area contributed by atoms with E-state index in [9.17, 15) is 15.2 Å². The molecule has 8 heteroatoms. The molecule has 0 unspecified atom stereocenters. The lowest BCUT2D eigenvalue weighted by atomic mass is 10.2. The lowest BCUT2D eigenvalue weighted by molar-refractivity contribution is -0.384. The number of nitro benzene ring substituents is 1. The molecule has 0 fully saturated rings. The second-order valence-electron chi connectivity index (χ2n) is 5.41. The fraction of sp³-hybridized carbons (Fsp3) is 0. The van der Waals surface area contributed by atoms with E-state index in [-0.39, 0.29) is 23.0 Å². The molecule has 0 saturated heterocycles. The minimum atomic E-state index is -0.480. The summed E-state index contributed by atoms with van der Waals surface area (Å²) < 4.78 is 0. The number of nitrogens with zero attached hydrogens (tertiary/aromatic N) is 4. The molecule has 0 aromatic heterocycles. The highest BCUT2D eigenvalue weighted by Gasteiger charge is 2.09. The topological polar surface area (TPSA) is 112 Å². The van der Waals surface area contributed by atoms with Crippen LogP contribution < -0.4 is 5.43 Å². The summed E-state index contributed by atoms with van der Waals surface area (Å²) in [5, 5.41) is 33.0. The predicted octanol–water partition coefficient (Wildman–Crippen LogP) is 4.86. The van der Waals surface area contributed by atoms with Crippen molar-refractivity contribution >= 4 is 22.9 Å². The number of nitrogens with one attached hydrogen (secondary N) is 1. The van der Waals surface area contributed by atoms with Gasteiger partial charge in [0.15, 0.2) is 0 Å². The largest absolute Gasteiger partial charge is 0.506 e. The van der Waals surface area contributed by atoms with Gasteiger partial charge in [-0.1, -0.05) is 30.3 Å². The number of para-hydroxylation sites is 2. The highest BCUT2D eigenvalue weighted by atomic mass is 16.6. The number of phenolic OH excluding ortho intramolecular Hbond substituents is 1. The van der Waals surface area contributed by atoms with Crippen LogP contribution in [0, 0.1) is 10.1 Å². The summed E-state index contributed by atoms with van der Waals surface area (Å²) in [6.07, 6.45) is 0. The Balaban J connectivity index is 1.93. The maximum absolute atomic E-state index is 10.8. The van der Waals surface area contributed by atoms with Crippen molar-refractivity contribution < 1.29 is 10.0 Å². The van der Waals surface area contributed by atoms with Crippen LogP contribution in [0.5, 0.6) is 5.75 Å². The minimum absolute atomic E-state index is 0.0136. The fourth-order valence-electron chi connectivity index (χ4n) is 2.16. The Labute approximate surface area is 154 Å². The average Bonchev–Trinajstić information content (AvgIpc) is 2.70. The summed E-state index contributed by atoms with van der Waals surface area (Å²) in [7, 11) is 0. The molecular formula is C19H15N5O3. The first-order chi connectivity index (χ1) is 13.1. The van der Waals surface area contributed by atoms with Crippen LogP contribution in [0.4, 0.5) is 17.1 Å². The number of anilines is 1. The van der Waals surface area contributed by atoms with Gasteiger partial charge in [-0.2, -0.15) is 5.10 Å². The van der Waals surface area contributed by atoms with E-state index >= 15 is 0 Å². The first-order valence-corrected chi connectivity index (χ1v) is 7.97. The van der Waals surface area contributed by atoms with Crippen molar-refractivity contribution in [3.8, 4) is 5.75 Å². The monoisotopic (exact) mass is 361 g/mol. The van der Waals surface area contributed by atoms with E-state index in [1.54, 1.807) is 18.2 Å². The number of aromatic hydroxyl groups is 1. The normalized spacial score (nSPS) is 11.5. The average molecular weight is 361 g/mol. The quantitative estimate of drug-likeness (QED) is 0.222. The number of hydrazone groups is 1. The summed E-state index contributed by atoms with van der Waals surface area (Å²) in [5.41, 5.74) is 4.39. The third kappa shape index (κ3) is 4.73. The second kappa shape index (κ2) is 8.34. The van der Waals surface area contributed by atoms with E-state index in [1.807, 2.05) is 30.3 Å². The van der Waals surface area contributed by atoms with Gasteiger partial charge >= 0.3 is 0 Å². The Morgan fingerprint density at radius 3 is 2.26 bits per heavy atom. The molecule has 0 bridgehead atoms. The lowest BCUT2D eigenvalue weighted by Gasteiger charge is -2.03. The standard InChI is InChI=1S/C19H15N5O3/c25-18-9-5-4-8-17(18)21-23-19(22-20-15-6-2-1-3-7-15)14-10-12-16(13-11-14)24(26)27/h1-13,20,25H/b22-19-,23-21?. The Hall–Kier alpha value is -4.07. The van der Waals surface area contributed by atoms with Gasteiger partial charge in [-0.3, -0.25) is 15.5 Å². The Bertz CT molecular complexity index is 986. The van der Waals surface area contributed by atoms with Crippen molar-refractivity contribution in [1.29, 1.82) is 0 Å². The fourth-order valence-corrected chi connectivity index (χ4v) is 2.16. The molecule has 3 aromatic rings. The van der Waals surface area contributed by atoms with Crippen LogP contribution in [0.1, 0.15) is 5.56 Å². The van der Waals surface area contributed by atoms with Gasteiger partial charge < -0.3 is 5.11 Å². The highest BCUT2D eigenvalue weighted by Crippen LogP contribution is 2.25. The molecule has 8 nitrogen and oxygen atoms in total. The SMILES string of the molecule is O=[N+]([O-])c1ccc(/C(N=Nc2ccccc2O)=N/Nc2ccccc2)cc1. The third-order valence-corrected chi connectivity index (χ3v) is 3.54. The van der Waals surface area contributed by atoms with Crippen LogP contribution in [0.25, 0.3) is 0 Å². The highest BCUT2D eigenvalue weighted by molar-refractivity contribution is 5.99. The number of azo groups is 1. The Morgan fingerprint density at radius 2 is 1.59 bits per heavy atom. The van der Waals surface area contributed by atoms with E-state index in [2.05, 4.69) is 20.8 Å². The zero-order valence-electron chi connectivity index (χ0n) is 14.1. The second-order valence-corrected chi connectivity index (χ2v) is 5.41. The summed E-state index contributed by atoms with van der Waals surface area (Å²) in [5.74, 6) is 0.192. The number of amidine groups is 1. The van der Waals surface area contributed by atoms with Crippen LogP contribution in [0.2, 0.25) is 0 Å². The number of hydrogen-bond acceptors (Lipinski definition) is 6. The number of phenols is 1. The molecule has 3 rings (SSSR count). The molecule has 0 aliphatic heterocycles. The molecule has 3 aromatic carbocycles. The number of nitro groups is 1. The number of non-ortho nitro benzene ring substituents is 1. The van der Waals surface area contributed by atoms with E-state index in [0.717, 1.165) is 5.69 Å². The van der Waals surface area contributed by atoms with Crippen molar-refractivity contribution in [2.24, 2.45) is 15.3 Å². The molecule has 0 radical (unpaired) electrons. The Kier molecular flexibility index (Phi) is 5.48. The maximum atomic E-state index is 10.8. The van der Waals surface area contributed by atoms with Crippen molar-refractivity contribution in [3.63, 3.8) is 0 Å². The van der Waals surface area contributed by atoms with Gasteiger partial charge in [0.2, 0.25) is 5.84 Å². The number of rotatable bonds is 5. The minimum Gasteiger partial charge on any atom is -0.506 e. The first kappa shape index (κ1) is 17.7. The van der Waals surface area contributed by atoms with Crippen LogP contribution in [0.3, 0.4) is 0 Å². The molecule has 27 heavy (non-hydrogen) atoms. The Morgan fingerprint density at radius 1 is 0.926 bits per heavy atom. The predicted molar refractivity (Wildman–Crippen MR) is 102 cm³/mol. The molecule has 0 aliphatic rings. The van der Waals surface area contributed by atoms with Gasteiger partial charge in [-0.05, 0) is 36.4 Å². The summed E-state index contributed by atoms with van der Waals surface area (Å²) >= 11 is 0. The zero-order valence-corrected chi connectivity index (χ0v) is 14.1. The van der Waals surface area contributed by atoms with Gasteiger partial charge in [0.1, 0.15) is 11.4 Å². The summed E-state index contributed by atoms with van der Waals surface area (Å²) in [4.78, 5) is 10.4. The summed E-state index contributed by atoms with van der Waals surface area (Å²) in [6, 6.07) is 21.6. The lowest BCUT2D eigenvalue weighted by Crippen LogP contribution is -2.01. The maximum Gasteiger partial charge on any atom is 0.269 e. The van der Waals surface area contributed by atoms with E-state index in [1.165, 1.54) is 30.3 Å². The van der Waals surface area contributed by atoms with Crippen molar-refractivity contribution in [2.75, 3.05) is 5.43 Å². The van der Waals surface area contributed by atoms with Gasteiger partial charge in [-0.15, -0.1) is 10.2 Å². The zero-order chi connectivity index (χ0) is 19.1. The van der Waals surface area contributed by atoms with Crippen molar-refractivity contribution in [2.45, 2.75) is 0 Å². The van der Waals surface area contributed by atoms with E-state index in [4.69, 9.17) is 0 Å². The molecule has 0 amide bonds. The molecule has 0 saturated carbocycles. The smallest absolute Gasteiger partial charge is 0.269 e. The van der Waals surface area contributed by atoms with Crippen LogP contribution in [0.15, 0.2) is 94.2 Å². The first-order valence-electron chi connectivity index (χ1n) is 7.97. The molecule has 134 valence electrons. The molecule has 0 spiro atoms. The van der Waals surface area contributed by atoms with Crippen LogP contribution in [-0.4, -0.2) is 15.9 Å². The van der Waals surface area contributed by atoms with E-state index < -0.39 is 4.92 Å². The van der Waals surface area contributed by atoms with Gasteiger partial charge in [-0.25, -0.2) is 0 Å². The van der Waals surface area contributed by atoms with Crippen molar-refractivity contribution in [3.05, 3.63) is 94.5 Å².